The van der Waals surface area contributed by atoms with Crippen LogP contribution in [0.3, 0.4) is 0 Å². The number of rotatable bonds is 8. The highest BCUT2D eigenvalue weighted by Gasteiger charge is 2.49. The van der Waals surface area contributed by atoms with Crippen molar-refractivity contribution in [3.63, 3.8) is 0 Å². The standard InChI is InChI=1S/C26H37F2N3O2/c1-2-3-9-26(33)16-22(31-25(17-26)7-5-4-6-8-25)23(32)21(24-29-10-11-30-24)14-18-12-19(27)15-20(28)13-18/h10-13,15,21-23,31-33H,2-9,14,16-17H2,1H3,(H,29,30). The van der Waals surface area contributed by atoms with Crippen molar-refractivity contribution in [1.82, 2.24) is 15.3 Å². The molecular formula is C26H37F2N3O2. The first-order chi connectivity index (χ1) is 15.8. The van der Waals surface area contributed by atoms with Gasteiger partial charge in [-0.05, 0) is 56.2 Å². The highest BCUT2D eigenvalue weighted by atomic mass is 19.1. The SMILES string of the molecule is CCCCC1(O)CC(C(O)C(Cc2cc(F)cc(F)c2)c2ncc[nH]2)NC2(CCCCC2)C1. The fourth-order valence-electron chi connectivity index (χ4n) is 6.18. The third kappa shape index (κ3) is 5.81. The molecule has 5 nitrogen and oxygen atoms in total. The minimum absolute atomic E-state index is 0.177. The van der Waals surface area contributed by atoms with Crippen LogP contribution in [-0.2, 0) is 6.42 Å². The summed E-state index contributed by atoms with van der Waals surface area (Å²) in [6.07, 6.45) is 11.9. The maximum absolute atomic E-state index is 13.9. The molecule has 2 aromatic rings. The van der Waals surface area contributed by atoms with Crippen LogP contribution in [0.1, 0.15) is 88.4 Å². The van der Waals surface area contributed by atoms with Gasteiger partial charge in [0, 0.05) is 36.0 Å². The van der Waals surface area contributed by atoms with Crippen LogP contribution < -0.4 is 5.32 Å². The number of H-pyrrole nitrogens is 1. The van der Waals surface area contributed by atoms with Gasteiger partial charge in [-0.1, -0.05) is 39.0 Å². The van der Waals surface area contributed by atoms with Crippen LogP contribution in [0.5, 0.6) is 0 Å². The summed E-state index contributed by atoms with van der Waals surface area (Å²) < 4.78 is 27.7. The van der Waals surface area contributed by atoms with Crippen LogP contribution in [0.2, 0.25) is 0 Å². The van der Waals surface area contributed by atoms with E-state index in [1.54, 1.807) is 12.4 Å². The molecule has 0 amide bonds. The average Bonchev–Trinajstić information content (AvgIpc) is 3.30. The maximum Gasteiger partial charge on any atom is 0.126 e. The Kier molecular flexibility index (Phi) is 7.51. The Morgan fingerprint density at radius 3 is 2.52 bits per heavy atom. The predicted octanol–water partition coefficient (Wildman–Crippen LogP) is 4.75. The summed E-state index contributed by atoms with van der Waals surface area (Å²) in [4.78, 5) is 7.45. The lowest BCUT2D eigenvalue weighted by Crippen LogP contribution is -2.65. The molecule has 1 spiro atoms. The summed E-state index contributed by atoms with van der Waals surface area (Å²) in [5.41, 5.74) is -0.538. The fraction of sp³-hybridized carbons (Fsp3) is 0.654. The van der Waals surface area contributed by atoms with E-state index in [9.17, 15) is 19.0 Å². The lowest BCUT2D eigenvalue weighted by Gasteiger charge is -2.53. The first kappa shape index (κ1) is 24.3. The Morgan fingerprint density at radius 2 is 1.88 bits per heavy atom. The molecular weight excluding hydrogens is 424 g/mol. The van der Waals surface area contributed by atoms with Gasteiger partial charge in [-0.3, -0.25) is 0 Å². The Morgan fingerprint density at radius 1 is 1.15 bits per heavy atom. The van der Waals surface area contributed by atoms with Gasteiger partial charge in [0.05, 0.1) is 11.7 Å². The second kappa shape index (κ2) is 10.2. The van der Waals surface area contributed by atoms with Crippen LogP contribution in [0, 0.1) is 11.6 Å². The number of piperidine rings is 1. The molecule has 1 aromatic carbocycles. The summed E-state index contributed by atoms with van der Waals surface area (Å²) >= 11 is 0. The van der Waals surface area contributed by atoms with Gasteiger partial charge in [0.15, 0.2) is 0 Å². The summed E-state index contributed by atoms with van der Waals surface area (Å²) in [5, 5.41) is 27.0. The molecule has 0 bridgehead atoms. The van der Waals surface area contributed by atoms with Crippen molar-refractivity contribution >= 4 is 0 Å². The van der Waals surface area contributed by atoms with Gasteiger partial charge in [-0.25, -0.2) is 13.8 Å². The molecule has 2 fully saturated rings. The minimum Gasteiger partial charge on any atom is -0.391 e. The van der Waals surface area contributed by atoms with Gasteiger partial charge in [0.2, 0.25) is 0 Å². The zero-order valence-corrected chi connectivity index (χ0v) is 19.5. The number of hydrogen-bond donors (Lipinski definition) is 4. The van der Waals surface area contributed by atoms with Crippen molar-refractivity contribution in [2.24, 2.45) is 0 Å². The van der Waals surface area contributed by atoms with E-state index in [2.05, 4.69) is 22.2 Å². The fourth-order valence-corrected chi connectivity index (χ4v) is 6.18. The monoisotopic (exact) mass is 461 g/mol. The zero-order valence-electron chi connectivity index (χ0n) is 19.5. The van der Waals surface area contributed by atoms with E-state index in [0.29, 0.717) is 24.2 Å². The number of unbranched alkanes of at least 4 members (excludes halogenated alkanes) is 1. The number of nitrogens with one attached hydrogen (secondary N) is 2. The number of aromatic amines is 1. The number of aliphatic hydroxyl groups is 2. The molecule has 7 heteroatoms. The molecule has 1 aromatic heterocycles. The molecule has 4 atom stereocenters. The highest BCUT2D eigenvalue weighted by Crippen LogP contribution is 2.44. The lowest BCUT2D eigenvalue weighted by molar-refractivity contribution is -0.0844. The third-order valence-electron chi connectivity index (χ3n) is 7.64. The maximum atomic E-state index is 13.9. The topological polar surface area (TPSA) is 81.2 Å². The van der Waals surface area contributed by atoms with E-state index in [0.717, 1.165) is 51.0 Å². The minimum atomic E-state index is -0.880. The van der Waals surface area contributed by atoms with Crippen LogP contribution >= 0.6 is 0 Å². The Balaban J connectivity index is 1.62. The Bertz CT molecular complexity index is 881. The van der Waals surface area contributed by atoms with E-state index in [1.807, 2.05) is 0 Å². The molecule has 33 heavy (non-hydrogen) atoms. The van der Waals surface area contributed by atoms with E-state index in [4.69, 9.17) is 0 Å². The number of halogens is 2. The smallest absolute Gasteiger partial charge is 0.126 e. The van der Waals surface area contributed by atoms with Crippen molar-refractivity contribution in [3.8, 4) is 0 Å². The molecule has 1 saturated carbocycles. The third-order valence-corrected chi connectivity index (χ3v) is 7.64. The van der Waals surface area contributed by atoms with Crippen LogP contribution in [-0.4, -0.2) is 43.5 Å². The molecule has 1 aliphatic heterocycles. The second-order valence-corrected chi connectivity index (χ2v) is 10.4. The zero-order chi connectivity index (χ0) is 23.5. The van der Waals surface area contributed by atoms with E-state index >= 15 is 0 Å². The molecule has 2 heterocycles. The van der Waals surface area contributed by atoms with Gasteiger partial charge < -0.3 is 20.5 Å². The van der Waals surface area contributed by atoms with Crippen molar-refractivity contribution in [1.29, 1.82) is 0 Å². The molecule has 2 aliphatic rings. The highest BCUT2D eigenvalue weighted by molar-refractivity contribution is 5.22. The first-order valence-corrected chi connectivity index (χ1v) is 12.4. The quantitative estimate of drug-likeness (QED) is 0.457. The number of aliphatic hydroxyl groups excluding tert-OH is 1. The molecule has 4 rings (SSSR count). The summed E-state index contributed by atoms with van der Waals surface area (Å²) in [5.74, 6) is -1.19. The number of aromatic nitrogens is 2. The normalized spacial score (nSPS) is 26.9. The summed E-state index contributed by atoms with van der Waals surface area (Å²) in [6.45, 7) is 2.12. The number of imidazole rings is 1. The molecule has 0 radical (unpaired) electrons. The molecule has 4 unspecified atom stereocenters. The number of benzene rings is 1. The van der Waals surface area contributed by atoms with Crippen LogP contribution in [0.25, 0.3) is 0 Å². The molecule has 1 aliphatic carbocycles. The molecule has 4 N–H and O–H groups in total. The van der Waals surface area contributed by atoms with Gasteiger partial charge >= 0.3 is 0 Å². The Labute approximate surface area is 195 Å². The van der Waals surface area contributed by atoms with Gasteiger partial charge in [0.25, 0.3) is 0 Å². The van der Waals surface area contributed by atoms with E-state index < -0.39 is 29.3 Å². The van der Waals surface area contributed by atoms with Crippen molar-refractivity contribution in [2.45, 2.75) is 107 Å². The largest absolute Gasteiger partial charge is 0.391 e. The number of hydrogen-bond acceptors (Lipinski definition) is 4. The molecule has 1 saturated heterocycles. The van der Waals surface area contributed by atoms with E-state index in [1.165, 1.54) is 18.6 Å². The van der Waals surface area contributed by atoms with Crippen LogP contribution in [0.15, 0.2) is 30.6 Å². The predicted molar refractivity (Wildman–Crippen MR) is 124 cm³/mol. The first-order valence-electron chi connectivity index (χ1n) is 12.4. The average molecular weight is 462 g/mol. The number of nitrogens with zero attached hydrogens (tertiary/aromatic N) is 1. The van der Waals surface area contributed by atoms with Crippen LogP contribution in [0.4, 0.5) is 8.78 Å². The van der Waals surface area contributed by atoms with Gasteiger partial charge in [-0.15, -0.1) is 0 Å². The summed E-state index contributed by atoms with van der Waals surface area (Å²) in [6, 6.07) is 3.12. The summed E-state index contributed by atoms with van der Waals surface area (Å²) in [7, 11) is 0. The lowest BCUT2D eigenvalue weighted by atomic mass is 9.66. The van der Waals surface area contributed by atoms with Crippen molar-refractivity contribution < 1.29 is 19.0 Å². The van der Waals surface area contributed by atoms with Gasteiger partial charge in [-0.2, -0.15) is 0 Å². The second-order valence-electron chi connectivity index (χ2n) is 10.4. The molecule has 182 valence electrons. The van der Waals surface area contributed by atoms with Crippen molar-refractivity contribution in [3.05, 3.63) is 53.6 Å². The van der Waals surface area contributed by atoms with Crippen molar-refractivity contribution in [2.75, 3.05) is 0 Å². The van der Waals surface area contributed by atoms with Gasteiger partial charge in [0.1, 0.15) is 17.5 Å². The Hall–Kier alpha value is -1.83. The van der Waals surface area contributed by atoms with E-state index in [-0.39, 0.29) is 18.0 Å².